The van der Waals surface area contributed by atoms with E-state index < -0.39 is 0 Å². The van der Waals surface area contributed by atoms with Gasteiger partial charge in [0.25, 0.3) is 0 Å². The Balaban J connectivity index is 1.79. The van der Waals surface area contributed by atoms with Gasteiger partial charge in [-0.05, 0) is 6.92 Å². The van der Waals surface area contributed by atoms with E-state index in [1.165, 1.54) is 0 Å². The van der Waals surface area contributed by atoms with Crippen LogP contribution in [0.4, 0.5) is 5.82 Å². The number of thiazole rings is 1. The second-order valence-corrected chi connectivity index (χ2v) is 5.30. The smallest absolute Gasteiger partial charge is 0.203 e. The van der Waals surface area contributed by atoms with Gasteiger partial charge >= 0.3 is 0 Å². The van der Waals surface area contributed by atoms with Crippen LogP contribution in [0, 0.1) is 6.92 Å². The standard InChI is InChI=1S/C12H14N6S/c1-8(12-14-4-6-19-12)7-15-10-11-17-16-9(2)18(11)5-3-13-10/h3-6,8H,7H2,1-2H3,(H,13,15). The molecule has 0 bridgehead atoms. The molecular weight excluding hydrogens is 260 g/mol. The van der Waals surface area contributed by atoms with Crippen molar-refractivity contribution in [1.29, 1.82) is 0 Å². The summed E-state index contributed by atoms with van der Waals surface area (Å²) in [4.78, 5) is 8.64. The van der Waals surface area contributed by atoms with Crippen molar-refractivity contribution in [2.75, 3.05) is 11.9 Å². The zero-order chi connectivity index (χ0) is 13.2. The number of hydrogen-bond acceptors (Lipinski definition) is 6. The molecule has 0 aliphatic heterocycles. The monoisotopic (exact) mass is 274 g/mol. The van der Waals surface area contributed by atoms with E-state index in [0.29, 0.717) is 5.92 Å². The summed E-state index contributed by atoms with van der Waals surface area (Å²) in [5.41, 5.74) is 0.756. The third-order valence-electron chi connectivity index (χ3n) is 2.95. The van der Waals surface area contributed by atoms with Gasteiger partial charge in [0.1, 0.15) is 5.82 Å². The Morgan fingerprint density at radius 1 is 1.32 bits per heavy atom. The fourth-order valence-corrected chi connectivity index (χ4v) is 2.58. The predicted octanol–water partition coefficient (Wildman–Crippen LogP) is 2.10. The van der Waals surface area contributed by atoms with Crippen molar-refractivity contribution in [1.82, 2.24) is 24.6 Å². The number of fused-ring (bicyclic) bond motifs is 1. The van der Waals surface area contributed by atoms with Crippen molar-refractivity contribution in [3.8, 4) is 0 Å². The number of nitrogens with zero attached hydrogens (tertiary/aromatic N) is 5. The van der Waals surface area contributed by atoms with E-state index in [0.717, 1.165) is 28.8 Å². The molecule has 0 fully saturated rings. The van der Waals surface area contributed by atoms with Crippen LogP contribution in [0.5, 0.6) is 0 Å². The molecule has 0 aromatic carbocycles. The first-order valence-corrected chi connectivity index (χ1v) is 6.93. The molecule has 0 saturated carbocycles. The molecule has 3 aromatic heterocycles. The Bertz CT molecular complexity index is 675. The first-order valence-electron chi connectivity index (χ1n) is 6.05. The Hall–Kier alpha value is -2.02. The molecule has 6 nitrogen and oxygen atoms in total. The molecular formula is C12H14N6S. The van der Waals surface area contributed by atoms with Crippen molar-refractivity contribution in [2.45, 2.75) is 19.8 Å². The molecule has 0 aliphatic rings. The van der Waals surface area contributed by atoms with Gasteiger partial charge in [0.05, 0.1) is 5.01 Å². The van der Waals surface area contributed by atoms with Crippen LogP contribution in [0.1, 0.15) is 23.7 Å². The molecule has 3 heterocycles. The van der Waals surface area contributed by atoms with Crippen LogP contribution in [0.25, 0.3) is 5.65 Å². The van der Waals surface area contributed by atoms with E-state index in [4.69, 9.17) is 0 Å². The molecule has 0 aliphatic carbocycles. The minimum absolute atomic E-state index is 0.339. The highest BCUT2D eigenvalue weighted by Crippen LogP contribution is 2.19. The highest BCUT2D eigenvalue weighted by Gasteiger charge is 2.11. The molecule has 0 radical (unpaired) electrons. The van der Waals surface area contributed by atoms with E-state index in [2.05, 4.69) is 32.4 Å². The summed E-state index contributed by atoms with van der Waals surface area (Å²) < 4.78 is 1.92. The highest BCUT2D eigenvalue weighted by molar-refractivity contribution is 7.09. The minimum Gasteiger partial charge on any atom is -0.366 e. The molecule has 7 heteroatoms. The molecule has 1 atom stereocenters. The van der Waals surface area contributed by atoms with Gasteiger partial charge in [0, 0.05) is 36.4 Å². The third-order valence-corrected chi connectivity index (χ3v) is 3.95. The van der Waals surface area contributed by atoms with Crippen molar-refractivity contribution < 1.29 is 0 Å². The minimum atomic E-state index is 0.339. The maximum atomic E-state index is 4.32. The van der Waals surface area contributed by atoms with E-state index in [1.807, 2.05) is 29.1 Å². The maximum absolute atomic E-state index is 4.32. The van der Waals surface area contributed by atoms with Gasteiger partial charge in [-0.3, -0.25) is 4.40 Å². The number of anilines is 1. The second-order valence-electron chi connectivity index (χ2n) is 4.37. The molecule has 19 heavy (non-hydrogen) atoms. The Morgan fingerprint density at radius 2 is 2.21 bits per heavy atom. The summed E-state index contributed by atoms with van der Waals surface area (Å²) in [6.45, 7) is 4.83. The Kier molecular flexibility index (Phi) is 3.12. The molecule has 1 N–H and O–H groups in total. The number of nitrogens with one attached hydrogen (secondary N) is 1. The lowest BCUT2D eigenvalue weighted by atomic mass is 10.2. The van der Waals surface area contributed by atoms with Crippen LogP contribution in [0.3, 0.4) is 0 Å². The Morgan fingerprint density at radius 3 is 3.00 bits per heavy atom. The van der Waals surface area contributed by atoms with Crippen LogP contribution < -0.4 is 5.32 Å². The number of rotatable bonds is 4. The predicted molar refractivity (Wildman–Crippen MR) is 74.5 cm³/mol. The van der Waals surface area contributed by atoms with Gasteiger partial charge in [-0.2, -0.15) is 0 Å². The van der Waals surface area contributed by atoms with Crippen molar-refractivity contribution in [2.24, 2.45) is 0 Å². The van der Waals surface area contributed by atoms with Gasteiger partial charge in [-0.1, -0.05) is 6.92 Å². The molecule has 98 valence electrons. The summed E-state index contributed by atoms with van der Waals surface area (Å²) >= 11 is 1.67. The summed E-state index contributed by atoms with van der Waals surface area (Å²) in [7, 11) is 0. The molecule has 3 rings (SSSR count). The number of aryl methyl sites for hydroxylation is 1. The Labute approximate surface area is 114 Å². The molecule has 3 aromatic rings. The fourth-order valence-electron chi connectivity index (χ4n) is 1.88. The van der Waals surface area contributed by atoms with Gasteiger partial charge in [-0.25, -0.2) is 9.97 Å². The van der Waals surface area contributed by atoms with E-state index in [-0.39, 0.29) is 0 Å². The van der Waals surface area contributed by atoms with Gasteiger partial charge in [0.15, 0.2) is 5.82 Å². The molecule has 0 saturated heterocycles. The first kappa shape index (κ1) is 12.0. The van der Waals surface area contributed by atoms with Crippen LogP contribution in [-0.2, 0) is 0 Å². The van der Waals surface area contributed by atoms with Gasteiger partial charge in [-0.15, -0.1) is 21.5 Å². The van der Waals surface area contributed by atoms with Gasteiger partial charge < -0.3 is 5.32 Å². The number of aromatic nitrogens is 5. The van der Waals surface area contributed by atoms with E-state index in [9.17, 15) is 0 Å². The summed E-state index contributed by atoms with van der Waals surface area (Å²) in [5, 5.41) is 14.6. The van der Waals surface area contributed by atoms with Crippen molar-refractivity contribution in [3.05, 3.63) is 34.8 Å². The second kappa shape index (κ2) is 4.93. The van der Waals surface area contributed by atoms with Crippen LogP contribution in [-0.4, -0.2) is 31.1 Å². The summed E-state index contributed by atoms with van der Waals surface area (Å²) in [6.07, 6.45) is 5.44. The third kappa shape index (κ3) is 2.28. The maximum Gasteiger partial charge on any atom is 0.203 e. The summed E-state index contributed by atoms with van der Waals surface area (Å²) in [5.74, 6) is 1.95. The molecule has 1 unspecified atom stereocenters. The normalized spacial score (nSPS) is 12.7. The van der Waals surface area contributed by atoms with Crippen LogP contribution >= 0.6 is 11.3 Å². The average molecular weight is 274 g/mol. The SMILES string of the molecule is Cc1nnc2c(NCC(C)c3nccs3)nccn12. The van der Waals surface area contributed by atoms with Gasteiger partial charge in [0.2, 0.25) is 5.65 Å². The quantitative estimate of drug-likeness (QED) is 0.789. The fraction of sp³-hybridized carbons (Fsp3) is 0.333. The summed E-state index contributed by atoms with van der Waals surface area (Å²) in [6, 6.07) is 0. The largest absolute Gasteiger partial charge is 0.366 e. The highest BCUT2D eigenvalue weighted by atomic mass is 32.1. The van der Waals surface area contributed by atoms with Crippen molar-refractivity contribution >= 4 is 22.8 Å². The molecule has 0 spiro atoms. The van der Waals surface area contributed by atoms with E-state index in [1.54, 1.807) is 17.5 Å². The zero-order valence-electron chi connectivity index (χ0n) is 10.7. The van der Waals surface area contributed by atoms with Crippen LogP contribution in [0.15, 0.2) is 24.0 Å². The first-order chi connectivity index (χ1) is 9.25. The number of hydrogen-bond donors (Lipinski definition) is 1. The zero-order valence-corrected chi connectivity index (χ0v) is 11.6. The van der Waals surface area contributed by atoms with E-state index >= 15 is 0 Å². The lowest BCUT2D eigenvalue weighted by molar-refractivity contribution is 0.791. The van der Waals surface area contributed by atoms with Crippen molar-refractivity contribution in [3.63, 3.8) is 0 Å². The topological polar surface area (TPSA) is 68.0 Å². The van der Waals surface area contributed by atoms with Crippen LogP contribution in [0.2, 0.25) is 0 Å². The molecule has 0 amide bonds. The lowest BCUT2D eigenvalue weighted by Crippen LogP contribution is -2.11. The average Bonchev–Trinajstić information content (AvgIpc) is 3.07. The lowest BCUT2D eigenvalue weighted by Gasteiger charge is -2.10.